The monoisotopic (exact) mass is 433 g/mol. The summed E-state index contributed by atoms with van der Waals surface area (Å²) in [7, 11) is 0. The van der Waals surface area contributed by atoms with Crippen LogP contribution in [-0.4, -0.2) is 59.4 Å². The molecular weight excluding hydrogens is 402 g/mol. The van der Waals surface area contributed by atoms with Crippen molar-refractivity contribution in [2.45, 2.75) is 26.4 Å². The number of carbonyl (C=O) groups excluding carboxylic acids is 1. The van der Waals surface area contributed by atoms with Gasteiger partial charge in [0.05, 0.1) is 6.54 Å². The fourth-order valence-corrected chi connectivity index (χ4v) is 3.88. The lowest BCUT2D eigenvalue weighted by Crippen LogP contribution is -2.48. The summed E-state index contributed by atoms with van der Waals surface area (Å²) >= 11 is 0. The zero-order valence-electron chi connectivity index (χ0n) is 18.8. The molecule has 1 saturated heterocycles. The zero-order valence-corrected chi connectivity index (χ0v) is 18.8. The Kier molecular flexibility index (Phi) is 7.07. The van der Waals surface area contributed by atoms with Gasteiger partial charge in [-0.3, -0.25) is 14.4 Å². The van der Waals surface area contributed by atoms with Gasteiger partial charge >= 0.3 is 0 Å². The highest BCUT2D eigenvalue weighted by molar-refractivity contribution is 6.04. The highest BCUT2D eigenvalue weighted by Gasteiger charge is 2.19. The summed E-state index contributed by atoms with van der Waals surface area (Å²) in [6, 6.07) is 17.8. The quantitative estimate of drug-likeness (QED) is 0.586. The Labute approximate surface area is 189 Å². The summed E-state index contributed by atoms with van der Waals surface area (Å²) in [5.74, 6) is 0.584. The van der Waals surface area contributed by atoms with Crippen LogP contribution in [0.15, 0.2) is 67.0 Å². The molecule has 0 atom stereocenters. The molecule has 7 nitrogen and oxygen atoms in total. The highest BCUT2D eigenvalue weighted by atomic mass is 16.5. The van der Waals surface area contributed by atoms with Crippen LogP contribution in [-0.2, 0) is 6.54 Å². The van der Waals surface area contributed by atoms with Crippen molar-refractivity contribution in [2.75, 3.05) is 43.0 Å². The average molecular weight is 434 g/mol. The minimum Gasteiger partial charge on any atom is -0.492 e. The summed E-state index contributed by atoms with van der Waals surface area (Å²) in [6.07, 6.45) is 3.65. The van der Waals surface area contributed by atoms with E-state index >= 15 is 0 Å². The van der Waals surface area contributed by atoms with Gasteiger partial charge in [-0.25, -0.2) is 0 Å². The van der Waals surface area contributed by atoms with Crippen LogP contribution in [0.5, 0.6) is 5.75 Å². The predicted octanol–water partition coefficient (Wildman–Crippen LogP) is 3.74. The SMILES string of the molecule is CC(C)N1CCN(c2ccc(C(=O)Nc3cccc(OCCn4cccn4)c3)cc2)CC1. The number of aromatic nitrogens is 2. The molecule has 1 fully saturated rings. The molecule has 1 aliphatic heterocycles. The molecule has 168 valence electrons. The standard InChI is InChI=1S/C25H31N5O2/c1-20(2)28-13-15-29(16-14-28)23-9-7-21(8-10-23)25(31)27-22-5-3-6-24(19-22)32-18-17-30-12-4-11-26-30/h3-12,19-20H,13-18H2,1-2H3,(H,27,31). The third-order valence-corrected chi connectivity index (χ3v) is 5.78. The van der Waals surface area contributed by atoms with Crippen LogP contribution in [0.1, 0.15) is 24.2 Å². The number of hydrogen-bond acceptors (Lipinski definition) is 5. The van der Waals surface area contributed by atoms with E-state index in [9.17, 15) is 4.79 Å². The van der Waals surface area contributed by atoms with Crippen molar-refractivity contribution in [2.24, 2.45) is 0 Å². The molecule has 1 aromatic heterocycles. The number of carbonyl (C=O) groups is 1. The predicted molar refractivity (Wildman–Crippen MR) is 127 cm³/mol. The molecule has 4 rings (SSSR count). The molecule has 2 aromatic carbocycles. The van der Waals surface area contributed by atoms with E-state index < -0.39 is 0 Å². The van der Waals surface area contributed by atoms with E-state index in [1.807, 2.05) is 65.5 Å². The minimum absolute atomic E-state index is 0.130. The normalized spacial score (nSPS) is 14.5. The Balaban J connectivity index is 1.30. The van der Waals surface area contributed by atoms with Gasteiger partial charge in [0, 0.05) is 67.6 Å². The third-order valence-electron chi connectivity index (χ3n) is 5.78. The second-order valence-corrected chi connectivity index (χ2v) is 8.26. The number of nitrogens with zero attached hydrogens (tertiary/aromatic N) is 4. The summed E-state index contributed by atoms with van der Waals surface area (Å²) in [6.45, 7) is 9.82. The van der Waals surface area contributed by atoms with Crippen LogP contribution in [0.25, 0.3) is 0 Å². The number of hydrogen-bond donors (Lipinski definition) is 1. The van der Waals surface area contributed by atoms with Crippen molar-refractivity contribution >= 4 is 17.3 Å². The van der Waals surface area contributed by atoms with E-state index in [2.05, 4.69) is 34.1 Å². The maximum atomic E-state index is 12.7. The van der Waals surface area contributed by atoms with Crippen molar-refractivity contribution in [3.8, 4) is 5.75 Å². The molecule has 1 amide bonds. The van der Waals surface area contributed by atoms with Crippen LogP contribution in [0.4, 0.5) is 11.4 Å². The molecule has 3 aromatic rings. The fraction of sp³-hybridized carbons (Fsp3) is 0.360. The topological polar surface area (TPSA) is 62.6 Å². The maximum absolute atomic E-state index is 12.7. The second kappa shape index (κ2) is 10.3. The fourth-order valence-electron chi connectivity index (χ4n) is 3.88. The van der Waals surface area contributed by atoms with Gasteiger partial charge in [0.2, 0.25) is 0 Å². The van der Waals surface area contributed by atoms with Crippen LogP contribution < -0.4 is 15.0 Å². The van der Waals surface area contributed by atoms with E-state index in [4.69, 9.17) is 4.74 Å². The van der Waals surface area contributed by atoms with E-state index in [-0.39, 0.29) is 5.91 Å². The first-order chi connectivity index (χ1) is 15.6. The van der Waals surface area contributed by atoms with Crippen LogP contribution in [0.2, 0.25) is 0 Å². The molecule has 7 heteroatoms. The van der Waals surface area contributed by atoms with Gasteiger partial charge in [-0.05, 0) is 56.3 Å². The average Bonchev–Trinajstić information content (AvgIpc) is 3.33. The van der Waals surface area contributed by atoms with Gasteiger partial charge in [-0.1, -0.05) is 6.07 Å². The molecule has 0 radical (unpaired) electrons. The first kappa shape index (κ1) is 21.9. The van der Waals surface area contributed by atoms with E-state index in [0.29, 0.717) is 36.2 Å². The highest BCUT2D eigenvalue weighted by Crippen LogP contribution is 2.21. The van der Waals surface area contributed by atoms with Gasteiger partial charge in [0.1, 0.15) is 12.4 Å². The number of piperazine rings is 1. The Morgan fingerprint density at radius 1 is 1.06 bits per heavy atom. The number of amides is 1. The van der Waals surface area contributed by atoms with Gasteiger partial charge < -0.3 is 15.0 Å². The molecule has 32 heavy (non-hydrogen) atoms. The largest absolute Gasteiger partial charge is 0.492 e. The zero-order chi connectivity index (χ0) is 22.3. The Hall–Kier alpha value is -3.32. The Morgan fingerprint density at radius 3 is 2.53 bits per heavy atom. The molecule has 2 heterocycles. The van der Waals surface area contributed by atoms with Crippen molar-refractivity contribution in [1.82, 2.24) is 14.7 Å². The number of nitrogens with one attached hydrogen (secondary N) is 1. The Morgan fingerprint density at radius 2 is 1.84 bits per heavy atom. The first-order valence-electron chi connectivity index (χ1n) is 11.2. The molecule has 0 saturated carbocycles. The van der Waals surface area contributed by atoms with Crippen molar-refractivity contribution < 1.29 is 9.53 Å². The molecule has 0 spiro atoms. The van der Waals surface area contributed by atoms with Crippen molar-refractivity contribution in [1.29, 1.82) is 0 Å². The smallest absolute Gasteiger partial charge is 0.255 e. The molecule has 1 aliphatic rings. The van der Waals surface area contributed by atoms with Crippen molar-refractivity contribution in [3.05, 3.63) is 72.6 Å². The first-order valence-corrected chi connectivity index (χ1v) is 11.2. The molecule has 1 N–H and O–H groups in total. The lowest BCUT2D eigenvalue weighted by molar-refractivity contribution is 0.102. The van der Waals surface area contributed by atoms with E-state index in [0.717, 1.165) is 31.9 Å². The van der Waals surface area contributed by atoms with E-state index in [1.165, 1.54) is 0 Å². The summed E-state index contributed by atoms with van der Waals surface area (Å²) < 4.78 is 7.61. The number of ether oxygens (including phenoxy) is 1. The van der Waals surface area contributed by atoms with Crippen LogP contribution in [0.3, 0.4) is 0 Å². The van der Waals surface area contributed by atoms with E-state index in [1.54, 1.807) is 6.20 Å². The summed E-state index contributed by atoms with van der Waals surface area (Å²) in [5, 5.41) is 7.12. The van der Waals surface area contributed by atoms with Gasteiger partial charge in [-0.2, -0.15) is 5.10 Å². The molecule has 0 unspecified atom stereocenters. The lowest BCUT2D eigenvalue weighted by Gasteiger charge is -2.38. The molecule has 0 bridgehead atoms. The summed E-state index contributed by atoms with van der Waals surface area (Å²) in [4.78, 5) is 17.6. The van der Waals surface area contributed by atoms with Gasteiger partial charge in [0.25, 0.3) is 5.91 Å². The van der Waals surface area contributed by atoms with Gasteiger partial charge in [0.15, 0.2) is 0 Å². The number of rotatable bonds is 8. The Bertz CT molecular complexity index is 993. The maximum Gasteiger partial charge on any atom is 0.255 e. The number of benzene rings is 2. The van der Waals surface area contributed by atoms with Crippen molar-refractivity contribution in [3.63, 3.8) is 0 Å². The van der Waals surface area contributed by atoms with Crippen LogP contribution >= 0.6 is 0 Å². The van der Waals surface area contributed by atoms with Gasteiger partial charge in [-0.15, -0.1) is 0 Å². The molecule has 0 aliphatic carbocycles. The molecular formula is C25H31N5O2. The third kappa shape index (κ3) is 5.68. The lowest BCUT2D eigenvalue weighted by atomic mass is 10.1. The minimum atomic E-state index is -0.130. The van der Waals surface area contributed by atoms with Crippen LogP contribution in [0, 0.1) is 0 Å². The summed E-state index contributed by atoms with van der Waals surface area (Å²) in [5.41, 5.74) is 2.51. The second-order valence-electron chi connectivity index (χ2n) is 8.26. The number of anilines is 2.